The summed E-state index contributed by atoms with van der Waals surface area (Å²) in [6.45, 7) is 2.00. The number of allylic oxidation sites excluding steroid dienone is 1. The Kier molecular flexibility index (Phi) is 3.58. The van der Waals surface area contributed by atoms with E-state index in [1.54, 1.807) is 12.3 Å². The fraction of sp³-hybridized carbons (Fsp3) is 0.238. The van der Waals surface area contributed by atoms with Gasteiger partial charge >= 0.3 is 0 Å². The van der Waals surface area contributed by atoms with Gasteiger partial charge in [0.15, 0.2) is 5.76 Å². The van der Waals surface area contributed by atoms with Crippen molar-refractivity contribution in [2.24, 2.45) is 7.05 Å². The van der Waals surface area contributed by atoms with Crippen LogP contribution in [0.15, 0.2) is 36.4 Å². The van der Waals surface area contributed by atoms with Gasteiger partial charge in [0.05, 0.1) is 0 Å². The van der Waals surface area contributed by atoms with Gasteiger partial charge in [-0.1, -0.05) is 0 Å². The number of ketones is 1. The van der Waals surface area contributed by atoms with Crippen LogP contribution < -0.4 is 9.64 Å². The van der Waals surface area contributed by atoms with Gasteiger partial charge in [0, 0.05) is 61.3 Å². The van der Waals surface area contributed by atoms with Gasteiger partial charge in [0.25, 0.3) is 0 Å². The Morgan fingerprint density at radius 3 is 2.79 bits per heavy atom. The zero-order valence-corrected chi connectivity index (χ0v) is 15.3. The highest BCUT2D eigenvalue weighted by atomic mass is 16.5. The number of pyridine rings is 1. The monoisotopic (exact) mass is 377 g/mol. The van der Waals surface area contributed by atoms with E-state index in [0.717, 1.165) is 54.3 Å². The number of anilines is 1. The van der Waals surface area contributed by atoms with Gasteiger partial charge in [-0.25, -0.2) is 4.98 Å². The lowest BCUT2D eigenvalue weighted by Gasteiger charge is -2.19. The predicted octanol–water partition coefficient (Wildman–Crippen LogP) is 3.20. The molecular weight excluding hydrogens is 358 g/mol. The quantitative estimate of drug-likeness (QED) is 0.667. The summed E-state index contributed by atoms with van der Waals surface area (Å²) in [6, 6.07) is 4.47. The van der Waals surface area contributed by atoms with Crippen molar-refractivity contribution in [3.05, 3.63) is 47.5 Å². The zero-order chi connectivity index (χ0) is 19.4. The van der Waals surface area contributed by atoms with Gasteiger partial charge in [0.1, 0.15) is 28.5 Å². The Hall–Kier alpha value is -3.48. The highest BCUT2D eigenvalue weighted by molar-refractivity contribution is 6.17. The molecule has 2 aliphatic heterocycles. The second-order valence-electron chi connectivity index (χ2n) is 7.20. The summed E-state index contributed by atoms with van der Waals surface area (Å²) in [5, 5.41) is 20.6. The fourth-order valence-corrected chi connectivity index (χ4v) is 4.07. The number of carbonyl (C=O) groups is 1. The van der Waals surface area contributed by atoms with E-state index in [1.165, 1.54) is 6.07 Å². The molecule has 1 aromatic carbocycles. The van der Waals surface area contributed by atoms with E-state index >= 15 is 0 Å². The SMILES string of the molecule is Cn1cc(C=C2Oc3cc(O)cc(O)c3C2=O)c2c(N3CCCC3)ccnc21. The van der Waals surface area contributed by atoms with E-state index in [1.807, 2.05) is 23.9 Å². The minimum absolute atomic E-state index is 0.0715. The van der Waals surface area contributed by atoms with Crippen LogP contribution in [0.25, 0.3) is 17.1 Å². The van der Waals surface area contributed by atoms with Gasteiger partial charge < -0.3 is 24.4 Å². The topological polar surface area (TPSA) is 87.8 Å². The van der Waals surface area contributed by atoms with Crippen LogP contribution in [-0.2, 0) is 7.05 Å². The second kappa shape index (κ2) is 6.02. The number of rotatable bonds is 2. The summed E-state index contributed by atoms with van der Waals surface area (Å²) in [4.78, 5) is 19.6. The molecule has 2 N–H and O–H groups in total. The normalized spacial score (nSPS) is 17.5. The van der Waals surface area contributed by atoms with Crippen LogP contribution in [0.5, 0.6) is 17.2 Å². The number of nitrogens with zero attached hydrogens (tertiary/aromatic N) is 3. The van der Waals surface area contributed by atoms with Crippen LogP contribution in [0.1, 0.15) is 28.8 Å². The molecule has 2 aliphatic rings. The average molecular weight is 377 g/mol. The first-order valence-corrected chi connectivity index (χ1v) is 9.22. The van der Waals surface area contributed by atoms with Gasteiger partial charge in [-0.05, 0) is 25.0 Å². The number of aryl methyl sites for hydroxylation is 1. The minimum Gasteiger partial charge on any atom is -0.508 e. The van der Waals surface area contributed by atoms with E-state index in [2.05, 4.69) is 9.88 Å². The molecule has 0 radical (unpaired) electrons. The number of fused-ring (bicyclic) bond motifs is 2. The van der Waals surface area contributed by atoms with Crippen LogP contribution in [0.3, 0.4) is 0 Å². The number of hydrogen-bond donors (Lipinski definition) is 2. The Balaban J connectivity index is 1.65. The van der Waals surface area contributed by atoms with Gasteiger partial charge in [0.2, 0.25) is 5.78 Å². The summed E-state index contributed by atoms with van der Waals surface area (Å²) in [5.41, 5.74) is 2.83. The number of aromatic nitrogens is 2. The molecular formula is C21H19N3O4. The Bertz CT molecular complexity index is 1160. The van der Waals surface area contributed by atoms with Crippen LogP contribution in [0, 0.1) is 0 Å². The van der Waals surface area contributed by atoms with E-state index in [9.17, 15) is 15.0 Å². The number of Topliss-reactive ketones (excluding diaryl/α,β-unsaturated/α-hetero) is 1. The first-order valence-electron chi connectivity index (χ1n) is 9.22. The van der Waals surface area contributed by atoms with Crippen molar-refractivity contribution in [3.8, 4) is 17.2 Å². The number of hydrogen-bond acceptors (Lipinski definition) is 6. The van der Waals surface area contributed by atoms with E-state index in [-0.39, 0.29) is 28.6 Å². The standard InChI is InChI=1S/C21H19N3O4/c1-23-11-12(18-14(4-5-22-21(18)23)24-6-2-3-7-24)8-17-20(27)19-15(26)9-13(25)10-16(19)28-17/h4-5,8-11,25-26H,2-3,6-7H2,1H3. The Labute approximate surface area is 161 Å². The van der Waals surface area contributed by atoms with Gasteiger partial charge in [-0.15, -0.1) is 0 Å². The summed E-state index contributed by atoms with van der Waals surface area (Å²) >= 11 is 0. The maximum atomic E-state index is 12.7. The number of phenols is 2. The number of carbonyl (C=O) groups excluding carboxylic acids is 1. The van der Waals surface area contributed by atoms with E-state index < -0.39 is 5.78 Å². The van der Waals surface area contributed by atoms with Gasteiger partial charge in [-0.2, -0.15) is 0 Å². The first-order chi connectivity index (χ1) is 13.5. The maximum absolute atomic E-state index is 12.7. The van der Waals surface area contributed by atoms with Crippen LogP contribution in [-0.4, -0.2) is 38.6 Å². The molecule has 0 saturated carbocycles. The molecule has 28 heavy (non-hydrogen) atoms. The number of aromatic hydroxyl groups is 2. The summed E-state index contributed by atoms with van der Waals surface area (Å²) < 4.78 is 7.58. The molecule has 0 amide bonds. The largest absolute Gasteiger partial charge is 0.508 e. The van der Waals surface area contributed by atoms with Crippen molar-refractivity contribution in [1.29, 1.82) is 0 Å². The molecule has 4 heterocycles. The van der Waals surface area contributed by atoms with Crippen LogP contribution in [0.4, 0.5) is 5.69 Å². The molecule has 0 atom stereocenters. The molecule has 142 valence electrons. The Morgan fingerprint density at radius 2 is 2.00 bits per heavy atom. The highest BCUT2D eigenvalue weighted by Crippen LogP contribution is 2.41. The number of ether oxygens (including phenoxy) is 1. The molecule has 0 spiro atoms. The molecule has 5 rings (SSSR count). The molecule has 7 heteroatoms. The smallest absolute Gasteiger partial charge is 0.235 e. The maximum Gasteiger partial charge on any atom is 0.235 e. The third-order valence-corrected chi connectivity index (χ3v) is 5.33. The molecule has 3 aromatic rings. The van der Waals surface area contributed by atoms with E-state index in [4.69, 9.17) is 4.74 Å². The fourth-order valence-electron chi connectivity index (χ4n) is 4.07. The second-order valence-corrected chi connectivity index (χ2v) is 7.20. The van der Waals surface area contributed by atoms with Crippen LogP contribution in [0.2, 0.25) is 0 Å². The summed E-state index contributed by atoms with van der Waals surface area (Å²) in [6.07, 6.45) is 7.73. The molecule has 0 aliphatic carbocycles. The van der Waals surface area contributed by atoms with Crippen molar-refractivity contribution in [1.82, 2.24) is 9.55 Å². The third kappa shape index (κ3) is 2.43. The summed E-state index contributed by atoms with van der Waals surface area (Å²) in [5.74, 6) is -0.584. The van der Waals surface area contributed by atoms with E-state index in [0.29, 0.717) is 0 Å². The predicted molar refractivity (Wildman–Crippen MR) is 105 cm³/mol. The molecule has 1 saturated heterocycles. The third-order valence-electron chi connectivity index (χ3n) is 5.33. The van der Waals surface area contributed by atoms with Crippen molar-refractivity contribution >= 4 is 28.6 Å². The number of benzene rings is 1. The lowest BCUT2D eigenvalue weighted by atomic mass is 10.1. The zero-order valence-electron chi connectivity index (χ0n) is 15.3. The van der Waals surface area contributed by atoms with Gasteiger partial charge in [-0.3, -0.25) is 4.79 Å². The lowest BCUT2D eigenvalue weighted by Crippen LogP contribution is -2.18. The molecule has 0 unspecified atom stereocenters. The molecule has 1 fully saturated rings. The highest BCUT2D eigenvalue weighted by Gasteiger charge is 2.32. The average Bonchev–Trinajstić information content (AvgIpc) is 3.36. The van der Waals surface area contributed by atoms with Crippen molar-refractivity contribution in [3.63, 3.8) is 0 Å². The lowest BCUT2D eigenvalue weighted by molar-refractivity contribution is 0.101. The van der Waals surface area contributed by atoms with Crippen molar-refractivity contribution < 1.29 is 19.7 Å². The van der Waals surface area contributed by atoms with Crippen molar-refractivity contribution in [2.45, 2.75) is 12.8 Å². The summed E-state index contributed by atoms with van der Waals surface area (Å²) in [7, 11) is 1.92. The molecule has 7 nitrogen and oxygen atoms in total. The number of phenolic OH excluding ortho intramolecular Hbond substituents is 2. The first kappa shape index (κ1) is 16.7. The Morgan fingerprint density at radius 1 is 1.21 bits per heavy atom. The van der Waals surface area contributed by atoms with Crippen molar-refractivity contribution in [2.75, 3.05) is 18.0 Å². The molecule has 2 aromatic heterocycles. The van der Waals surface area contributed by atoms with Crippen LogP contribution >= 0.6 is 0 Å². The molecule has 0 bridgehead atoms. The minimum atomic E-state index is -0.406.